The molecule has 0 aliphatic heterocycles. The van der Waals surface area contributed by atoms with Gasteiger partial charge in [0.25, 0.3) is 5.91 Å². The standard InChI is InChI=1S/C21H18F3NO3/c1-27-19-11-10-18(16-4-2-3-5-17(16)19)20(26)25-12-14-6-8-15(9-7-14)28-13-21(22,23)24/h2-11H,12-13H2,1H3,(H,25,26). The number of carbonyl (C=O) groups is 1. The summed E-state index contributed by atoms with van der Waals surface area (Å²) in [6.45, 7) is -1.10. The van der Waals surface area contributed by atoms with E-state index in [2.05, 4.69) is 10.1 Å². The van der Waals surface area contributed by atoms with Crippen molar-refractivity contribution in [1.82, 2.24) is 5.32 Å². The van der Waals surface area contributed by atoms with Gasteiger partial charge in [0.1, 0.15) is 11.5 Å². The molecule has 0 bridgehead atoms. The van der Waals surface area contributed by atoms with E-state index in [0.29, 0.717) is 11.3 Å². The molecule has 7 heteroatoms. The first kappa shape index (κ1) is 19.5. The second kappa shape index (κ2) is 8.21. The Balaban J connectivity index is 1.67. The molecule has 0 fully saturated rings. The molecule has 28 heavy (non-hydrogen) atoms. The lowest BCUT2D eigenvalue weighted by molar-refractivity contribution is -0.153. The summed E-state index contributed by atoms with van der Waals surface area (Å²) in [5, 5.41) is 4.43. The first-order valence-corrected chi connectivity index (χ1v) is 8.50. The number of amides is 1. The fourth-order valence-corrected chi connectivity index (χ4v) is 2.79. The Hall–Kier alpha value is -3.22. The van der Waals surface area contributed by atoms with Crippen molar-refractivity contribution in [1.29, 1.82) is 0 Å². The maximum Gasteiger partial charge on any atom is 0.422 e. The van der Waals surface area contributed by atoms with Crippen molar-refractivity contribution in [2.45, 2.75) is 12.7 Å². The third-order valence-corrected chi connectivity index (χ3v) is 4.13. The van der Waals surface area contributed by atoms with Gasteiger partial charge >= 0.3 is 6.18 Å². The molecule has 0 radical (unpaired) electrons. The fourth-order valence-electron chi connectivity index (χ4n) is 2.79. The van der Waals surface area contributed by atoms with E-state index in [1.165, 1.54) is 12.1 Å². The van der Waals surface area contributed by atoms with E-state index in [4.69, 9.17) is 4.74 Å². The maximum absolute atomic E-state index is 12.6. The van der Waals surface area contributed by atoms with Gasteiger partial charge in [-0.25, -0.2) is 0 Å². The quantitative estimate of drug-likeness (QED) is 0.664. The van der Waals surface area contributed by atoms with E-state index in [0.717, 1.165) is 16.3 Å². The van der Waals surface area contributed by atoms with Crippen LogP contribution >= 0.6 is 0 Å². The van der Waals surface area contributed by atoms with Gasteiger partial charge in [-0.05, 0) is 35.2 Å². The van der Waals surface area contributed by atoms with Crippen molar-refractivity contribution in [2.75, 3.05) is 13.7 Å². The molecule has 3 rings (SSSR count). The van der Waals surface area contributed by atoms with Crippen LogP contribution in [0.25, 0.3) is 10.8 Å². The third-order valence-electron chi connectivity index (χ3n) is 4.13. The molecule has 0 saturated heterocycles. The van der Waals surface area contributed by atoms with Crippen LogP contribution in [-0.4, -0.2) is 25.8 Å². The summed E-state index contributed by atoms with van der Waals surface area (Å²) in [5.74, 6) is 0.548. The highest BCUT2D eigenvalue weighted by Crippen LogP contribution is 2.28. The largest absolute Gasteiger partial charge is 0.496 e. The van der Waals surface area contributed by atoms with E-state index in [1.807, 2.05) is 24.3 Å². The molecule has 3 aromatic carbocycles. The number of carbonyl (C=O) groups excluding carboxylic acids is 1. The second-order valence-electron chi connectivity index (χ2n) is 6.09. The minimum absolute atomic E-state index is 0.119. The molecule has 0 aliphatic carbocycles. The van der Waals surface area contributed by atoms with Gasteiger partial charge in [0.05, 0.1) is 7.11 Å². The number of methoxy groups -OCH3 is 1. The molecule has 0 spiro atoms. The van der Waals surface area contributed by atoms with Gasteiger partial charge in [0.2, 0.25) is 0 Å². The number of benzene rings is 3. The normalized spacial score (nSPS) is 11.3. The zero-order chi connectivity index (χ0) is 20.1. The average Bonchev–Trinajstić information content (AvgIpc) is 2.70. The highest BCUT2D eigenvalue weighted by atomic mass is 19.4. The number of hydrogen-bond acceptors (Lipinski definition) is 3. The summed E-state index contributed by atoms with van der Waals surface area (Å²) in [7, 11) is 1.57. The zero-order valence-electron chi connectivity index (χ0n) is 15.0. The molecule has 0 saturated carbocycles. The lowest BCUT2D eigenvalue weighted by atomic mass is 10.0. The Bertz CT molecular complexity index is 969. The molecule has 0 aliphatic rings. The Kier molecular flexibility index (Phi) is 5.73. The Morgan fingerprint density at radius 2 is 1.64 bits per heavy atom. The van der Waals surface area contributed by atoms with Crippen LogP contribution in [-0.2, 0) is 6.54 Å². The number of hydrogen-bond donors (Lipinski definition) is 1. The van der Waals surface area contributed by atoms with Crippen LogP contribution in [0.5, 0.6) is 11.5 Å². The fraction of sp³-hybridized carbons (Fsp3) is 0.190. The van der Waals surface area contributed by atoms with E-state index in [1.54, 1.807) is 31.4 Å². The molecule has 0 heterocycles. The second-order valence-corrected chi connectivity index (χ2v) is 6.09. The Morgan fingerprint density at radius 1 is 0.964 bits per heavy atom. The molecule has 0 aromatic heterocycles. The van der Waals surface area contributed by atoms with Crippen LogP contribution in [0, 0.1) is 0 Å². The highest BCUT2D eigenvalue weighted by Gasteiger charge is 2.28. The predicted molar refractivity (Wildman–Crippen MR) is 99.7 cm³/mol. The van der Waals surface area contributed by atoms with E-state index < -0.39 is 12.8 Å². The number of ether oxygens (including phenoxy) is 2. The minimum atomic E-state index is -4.38. The minimum Gasteiger partial charge on any atom is -0.496 e. The number of fused-ring (bicyclic) bond motifs is 1. The molecule has 0 atom stereocenters. The predicted octanol–water partition coefficient (Wildman–Crippen LogP) is 4.72. The van der Waals surface area contributed by atoms with Crippen LogP contribution in [0.3, 0.4) is 0 Å². The molecular formula is C21H18F3NO3. The van der Waals surface area contributed by atoms with E-state index >= 15 is 0 Å². The topological polar surface area (TPSA) is 47.6 Å². The zero-order valence-corrected chi connectivity index (χ0v) is 15.0. The van der Waals surface area contributed by atoms with E-state index in [9.17, 15) is 18.0 Å². The van der Waals surface area contributed by atoms with Crippen molar-refractivity contribution in [3.05, 3.63) is 71.8 Å². The van der Waals surface area contributed by atoms with Crippen molar-refractivity contribution < 1.29 is 27.4 Å². The first-order chi connectivity index (χ1) is 13.4. The first-order valence-electron chi connectivity index (χ1n) is 8.50. The van der Waals surface area contributed by atoms with Gasteiger partial charge in [0.15, 0.2) is 6.61 Å². The van der Waals surface area contributed by atoms with Crippen LogP contribution in [0.4, 0.5) is 13.2 Å². The van der Waals surface area contributed by atoms with Gasteiger partial charge in [0, 0.05) is 17.5 Å². The maximum atomic E-state index is 12.6. The van der Waals surface area contributed by atoms with Crippen LogP contribution in [0.1, 0.15) is 15.9 Å². The molecular weight excluding hydrogens is 371 g/mol. The van der Waals surface area contributed by atoms with E-state index in [-0.39, 0.29) is 18.2 Å². The number of rotatable bonds is 6. The Morgan fingerprint density at radius 3 is 2.29 bits per heavy atom. The number of alkyl halides is 3. The Labute approximate surface area is 159 Å². The van der Waals surface area contributed by atoms with Crippen molar-refractivity contribution in [3.63, 3.8) is 0 Å². The number of halogens is 3. The molecule has 0 unspecified atom stereocenters. The SMILES string of the molecule is COc1ccc(C(=O)NCc2ccc(OCC(F)(F)F)cc2)c2ccccc12. The summed E-state index contributed by atoms with van der Waals surface area (Å²) in [5.41, 5.74) is 1.26. The summed E-state index contributed by atoms with van der Waals surface area (Å²) in [4.78, 5) is 12.6. The van der Waals surface area contributed by atoms with Gasteiger partial charge in [-0.2, -0.15) is 13.2 Å². The van der Waals surface area contributed by atoms with Gasteiger partial charge < -0.3 is 14.8 Å². The van der Waals surface area contributed by atoms with Crippen molar-refractivity contribution >= 4 is 16.7 Å². The summed E-state index contributed by atoms with van der Waals surface area (Å²) in [6, 6.07) is 17.0. The van der Waals surface area contributed by atoms with Crippen LogP contribution in [0.15, 0.2) is 60.7 Å². The lowest BCUT2D eigenvalue weighted by Crippen LogP contribution is -2.23. The number of nitrogens with one attached hydrogen (secondary N) is 1. The van der Waals surface area contributed by atoms with Crippen LogP contribution < -0.4 is 14.8 Å². The lowest BCUT2D eigenvalue weighted by Gasteiger charge is -2.12. The van der Waals surface area contributed by atoms with Gasteiger partial charge in [-0.15, -0.1) is 0 Å². The third kappa shape index (κ3) is 4.73. The molecule has 146 valence electrons. The molecule has 4 nitrogen and oxygen atoms in total. The summed E-state index contributed by atoms with van der Waals surface area (Å²) in [6.07, 6.45) is -4.38. The van der Waals surface area contributed by atoms with Gasteiger partial charge in [-0.3, -0.25) is 4.79 Å². The summed E-state index contributed by atoms with van der Waals surface area (Å²) >= 11 is 0. The smallest absolute Gasteiger partial charge is 0.422 e. The summed E-state index contributed by atoms with van der Waals surface area (Å²) < 4.78 is 46.5. The molecule has 1 N–H and O–H groups in total. The highest BCUT2D eigenvalue weighted by molar-refractivity contribution is 6.08. The average molecular weight is 389 g/mol. The molecule has 3 aromatic rings. The van der Waals surface area contributed by atoms with Crippen molar-refractivity contribution in [3.8, 4) is 11.5 Å². The monoisotopic (exact) mass is 389 g/mol. The molecule has 1 amide bonds. The van der Waals surface area contributed by atoms with Crippen LogP contribution in [0.2, 0.25) is 0 Å². The van der Waals surface area contributed by atoms with Gasteiger partial charge in [-0.1, -0.05) is 36.4 Å². The van der Waals surface area contributed by atoms with Crippen molar-refractivity contribution in [2.24, 2.45) is 0 Å².